The zero-order valence-corrected chi connectivity index (χ0v) is 11.4. The highest BCUT2D eigenvalue weighted by Gasteiger charge is 2.02. The maximum atomic E-state index is 10.3. The van der Waals surface area contributed by atoms with E-state index in [1.807, 2.05) is 0 Å². The molecular weight excluding hydrogens is 236 g/mol. The molecule has 18 heavy (non-hydrogen) atoms. The molecule has 0 heterocycles. The predicted molar refractivity (Wildman–Crippen MR) is 68.0 cm³/mol. The average molecular weight is 262 g/mol. The van der Waals surface area contributed by atoms with E-state index in [-0.39, 0.29) is 0 Å². The molecule has 0 aromatic rings. The van der Waals surface area contributed by atoms with Crippen molar-refractivity contribution in [1.29, 1.82) is 0 Å². The highest BCUT2D eigenvalue weighted by atomic mass is 17.3. The molecule has 0 saturated carbocycles. The summed E-state index contributed by atoms with van der Waals surface area (Å²) < 4.78 is 0. The van der Waals surface area contributed by atoms with Gasteiger partial charge in [-0.15, -0.1) is 0 Å². The van der Waals surface area contributed by atoms with Gasteiger partial charge in [0.25, 0.3) is 0 Å². The quantitative estimate of drug-likeness (QED) is 0.319. The summed E-state index contributed by atoms with van der Waals surface area (Å²) in [5.74, 6) is 0. The van der Waals surface area contributed by atoms with Crippen LogP contribution in [0.1, 0.15) is 71.1 Å². The Kier molecular flexibility index (Phi) is 13.6. The van der Waals surface area contributed by atoms with Crippen molar-refractivity contribution in [3.63, 3.8) is 0 Å². The SMILES string of the molecule is CCCCCCCCCCCCOOC(=O)OO. The maximum absolute atomic E-state index is 10.3. The Balaban J connectivity index is 2.97. The van der Waals surface area contributed by atoms with Crippen molar-refractivity contribution in [2.24, 2.45) is 0 Å². The monoisotopic (exact) mass is 262 g/mol. The molecule has 0 aliphatic rings. The highest BCUT2D eigenvalue weighted by Crippen LogP contribution is 2.10. The lowest BCUT2D eigenvalue weighted by Crippen LogP contribution is -2.06. The lowest BCUT2D eigenvalue weighted by atomic mass is 10.1. The standard InChI is InChI=1S/C13H26O5/c1-2-3-4-5-6-7-8-9-10-11-12-16-18-13(14)17-15/h15H,2-12H2,1H3. The Morgan fingerprint density at radius 3 is 1.89 bits per heavy atom. The van der Waals surface area contributed by atoms with Crippen molar-refractivity contribution in [2.75, 3.05) is 6.61 Å². The topological polar surface area (TPSA) is 65.0 Å². The van der Waals surface area contributed by atoms with Gasteiger partial charge >= 0.3 is 6.16 Å². The fourth-order valence-corrected chi connectivity index (χ4v) is 1.75. The predicted octanol–water partition coefficient (Wildman–Crippen LogP) is 4.47. The smallest absolute Gasteiger partial charge is 0.260 e. The minimum Gasteiger partial charge on any atom is -0.260 e. The van der Waals surface area contributed by atoms with Crippen LogP contribution in [0.15, 0.2) is 0 Å². The van der Waals surface area contributed by atoms with Crippen molar-refractivity contribution < 1.29 is 24.7 Å². The van der Waals surface area contributed by atoms with E-state index in [2.05, 4.69) is 21.6 Å². The first-order valence-electron chi connectivity index (χ1n) is 6.96. The van der Waals surface area contributed by atoms with Gasteiger partial charge in [0.2, 0.25) is 0 Å². The third-order valence-corrected chi connectivity index (χ3v) is 2.78. The molecule has 0 saturated heterocycles. The van der Waals surface area contributed by atoms with E-state index in [1.54, 1.807) is 0 Å². The average Bonchev–Trinajstić information content (AvgIpc) is 2.39. The minimum absolute atomic E-state index is 0.339. The maximum Gasteiger partial charge on any atom is 0.572 e. The van der Waals surface area contributed by atoms with Crippen molar-refractivity contribution in [1.82, 2.24) is 0 Å². The van der Waals surface area contributed by atoms with Gasteiger partial charge < -0.3 is 0 Å². The minimum atomic E-state index is -1.23. The van der Waals surface area contributed by atoms with Crippen LogP contribution in [0.25, 0.3) is 0 Å². The molecule has 0 aliphatic heterocycles. The molecule has 0 atom stereocenters. The zero-order chi connectivity index (χ0) is 13.5. The summed E-state index contributed by atoms with van der Waals surface area (Å²) in [7, 11) is 0. The van der Waals surface area contributed by atoms with Gasteiger partial charge in [-0.3, -0.25) is 9.78 Å². The van der Waals surface area contributed by atoms with Gasteiger partial charge in [-0.25, -0.2) is 0 Å². The first-order chi connectivity index (χ1) is 8.81. The zero-order valence-electron chi connectivity index (χ0n) is 11.4. The van der Waals surface area contributed by atoms with E-state index in [0.717, 1.165) is 12.8 Å². The number of carbonyl (C=O) groups is 1. The summed E-state index contributed by atoms with van der Waals surface area (Å²) in [6.45, 7) is 2.57. The lowest BCUT2D eigenvalue weighted by Gasteiger charge is -2.02. The molecule has 0 amide bonds. The molecule has 0 fully saturated rings. The summed E-state index contributed by atoms with van der Waals surface area (Å²) in [5.41, 5.74) is 0. The van der Waals surface area contributed by atoms with Crippen molar-refractivity contribution in [3.05, 3.63) is 0 Å². The number of hydrogen-bond acceptors (Lipinski definition) is 5. The fraction of sp³-hybridized carbons (Fsp3) is 0.923. The number of carbonyl (C=O) groups excluding carboxylic acids is 1. The van der Waals surface area contributed by atoms with Crippen molar-refractivity contribution in [3.8, 4) is 0 Å². The van der Waals surface area contributed by atoms with Gasteiger partial charge in [0, 0.05) is 0 Å². The van der Waals surface area contributed by atoms with E-state index in [1.165, 1.54) is 51.4 Å². The van der Waals surface area contributed by atoms with Gasteiger partial charge in [0.05, 0.1) is 6.61 Å². The van der Waals surface area contributed by atoms with Crippen molar-refractivity contribution in [2.45, 2.75) is 71.1 Å². The Morgan fingerprint density at radius 2 is 1.39 bits per heavy atom. The van der Waals surface area contributed by atoms with E-state index in [9.17, 15) is 4.79 Å². The molecule has 0 bridgehead atoms. The summed E-state index contributed by atoms with van der Waals surface area (Å²) >= 11 is 0. The molecule has 0 aliphatic carbocycles. The number of hydrogen-bond donors (Lipinski definition) is 1. The van der Waals surface area contributed by atoms with Gasteiger partial charge in [-0.05, 0) is 6.42 Å². The van der Waals surface area contributed by atoms with Crippen LogP contribution in [0.5, 0.6) is 0 Å². The first-order valence-corrected chi connectivity index (χ1v) is 6.96. The fourth-order valence-electron chi connectivity index (χ4n) is 1.75. The normalized spacial score (nSPS) is 10.3. The van der Waals surface area contributed by atoms with Crippen LogP contribution in [-0.2, 0) is 14.7 Å². The van der Waals surface area contributed by atoms with E-state index in [4.69, 9.17) is 5.26 Å². The third-order valence-electron chi connectivity index (χ3n) is 2.78. The van der Waals surface area contributed by atoms with E-state index in [0.29, 0.717) is 6.61 Å². The Hall–Kier alpha value is -0.810. The molecule has 0 rings (SSSR count). The van der Waals surface area contributed by atoms with E-state index < -0.39 is 6.16 Å². The second kappa shape index (κ2) is 14.3. The van der Waals surface area contributed by atoms with Gasteiger partial charge in [-0.2, -0.15) is 14.9 Å². The largest absolute Gasteiger partial charge is 0.572 e. The molecule has 0 radical (unpaired) electrons. The van der Waals surface area contributed by atoms with Crippen LogP contribution in [0.4, 0.5) is 4.79 Å². The molecule has 5 heteroatoms. The Labute approximate surface area is 109 Å². The highest BCUT2D eigenvalue weighted by molar-refractivity contribution is 5.57. The van der Waals surface area contributed by atoms with Crippen molar-refractivity contribution >= 4 is 6.16 Å². The molecule has 0 aromatic heterocycles. The second-order valence-electron chi connectivity index (χ2n) is 4.43. The lowest BCUT2D eigenvalue weighted by molar-refractivity contribution is -0.299. The Bertz CT molecular complexity index is 184. The van der Waals surface area contributed by atoms with Crippen LogP contribution in [0.3, 0.4) is 0 Å². The summed E-state index contributed by atoms with van der Waals surface area (Å²) in [4.78, 5) is 22.1. The Morgan fingerprint density at radius 1 is 0.889 bits per heavy atom. The van der Waals surface area contributed by atoms with Gasteiger partial charge in [-0.1, -0.05) is 64.7 Å². The van der Waals surface area contributed by atoms with Crippen LogP contribution in [0.2, 0.25) is 0 Å². The summed E-state index contributed by atoms with van der Waals surface area (Å²) in [6.07, 6.45) is 11.1. The molecule has 0 aromatic carbocycles. The molecule has 5 nitrogen and oxygen atoms in total. The van der Waals surface area contributed by atoms with Gasteiger partial charge in [0.1, 0.15) is 0 Å². The summed E-state index contributed by atoms with van der Waals surface area (Å²) in [5, 5.41) is 7.86. The number of unbranched alkanes of at least 4 members (excludes halogenated alkanes) is 9. The van der Waals surface area contributed by atoms with Crippen LogP contribution < -0.4 is 0 Å². The van der Waals surface area contributed by atoms with Crippen LogP contribution in [-0.4, -0.2) is 18.0 Å². The molecule has 108 valence electrons. The van der Waals surface area contributed by atoms with Gasteiger partial charge in [0.15, 0.2) is 0 Å². The second-order valence-corrected chi connectivity index (χ2v) is 4.43. The molecule has 0 unspecified atom stereocenters. The van der Waals surface area contributed by atoms with E-state index >= 15 is 0 Å². The first kappa shape index (κ1) is 17.2. The molecule has 0 spiro atoms. The number of rotatable bonds is 12. The van der Waals surface area contributed by atoms with Crippen LogP contribution in [0, 0.1) is 0 Å². The molecule has 1 N–H and O–H groups in total. The van der Waals surface area contributed by atoms with Crippen LogP contribution >= 0.6 is 0 Å². The summed E-state index contributed by atoms with van der Waals surface area (Å²) in [6, 6.07) is 0. The molecular formula is C13H26O5. The third kappa shape index (κ3) is 13.3.